The maximum absolute atomic E-state index is 9.17. The maximum Gasteiger partial charge on any atom is 1.00 e. The van der Waals surface area contributed by atoms with E-state index in [0.717, 1.165) is 25.2 Å². The summed E-state index contributed by atoms with van der Waals surface area (Å²) in [6.07, 6.45) is 13.4. The minimum Gasteiger partial charge on any atom is -0.857 e. The number of rotatable bonds is 6. The molecule has 3 heteroatoms. The summed E-state index contributed by atoms with van der Waals surface area (Å²) in [4.78, 5) is 9.17. The van der Waals surface area contributed by atoms with Gasteiger partial charge in [-0.05, 0) is 11.8 Å². The van der Waals surface area contributed by atoms with Crippen molar-refractivity contribution in [1.82, 2.24) is 0 Å². The summed E-state index contributed by atoms with van der Waals surface area (Å²) in [6, 6.07) is 0. The summed E-state index contributed by atoms with van der Waals surface area (Å²) < 4.78 is 0. The average molecular weight is 297 g/mol. The minimum absolute atomic E-state index is 0. The monoisotopic (exact) mass is 296 g/mol. The van der Waals surface area contributed by atoms with E-state index < -0.39 is 0 Å². The zero-order valence-electron chi connectivity index (χ0n) is 13.9. The third-order valence-corrected chi connectivity index (χ3v) is 3.78. The molecule has 19 heavy (non-hydrogen) atoms. The predicted octanol–water partition coefficient (Wildman–Crippen LogP) is 0.969. The molecule has 1 rings (SSSR count). The third-order valence-electron chi connectivity index (χ3n) is 3.78. The van der Waals surface area contributed by atoms with Crippen LogP contribution in [0.25, 0.3) is 0 Å². The average Bonchev–Trinajstić information content (AvgIpc) is 2.96. The van der Waals surface area contributed by atoms with E-state index in [2.05, 4.69) is 13.8 Å². The van der Waals surface area contributed by atoms with E-state index in [1.54, 1.807) is 0 Å². The van der Waals surface area contributed by atoms with Crippen molar-refractivity contribution in [3.05, 3.63) is 0 Å². The van der Waals surface area contributed by atoms with E-state index in [1.807, 2.05) is 6.92 Å². The molecule has 1 saturated carbocycles. The van der Waals surface area contributed by atoms with Gasteiger partial charge in [-0.15, -0.1) is 0 Å². The summed E-state index contributed by atoms with van der Waals surface area (Å²) in [6.45, 7) is 6.48. The molecule has 0 N–H and O–H groups in total. The molecule has 0 aliphatic heterocycles. The molecule has 110 valence electrons. The summed E-state index contributed by atoms with van der Waals surface area (Å²) in [7, 11) is 0.750. The van der Waals surface area contributed by atoms with Crippen molar-refractivity contribution in [2.45, 2.75) is 78.6 Å². The van der Waals surface area contributed by atoms with Gasteiger partial charge in [0.25, 0.3) is 0 Å². The molecular weight excluding hydrogens is 263 g/mol. The summed E-state index contributed by atoms with van der Waals surface area (Å²) in [5.41, 5.74) is 0. The molecule has 0 aromatic carbocycles. The van der Waals surface area contributed by atoms with E-state index >= 15 is 0 Å². The van der Waals surface area contributed by atoms with Crippen LogP contribution in [-0.2, 0) is 4.79 Å². The molecule has 0 atom stereocenters. The normalized spacial score (nSPS) is 13.8. The largest absolute Gasteiger partial charge is 1.00 e. The number of carbonyl (C=O) groups is 1. The Bertz CT molecular complexity index is 151. The molecule has 0 bridgehead atoms. The Labute approximate surface area is 163 Å². The van der Waals surface area contributed by atoms with Crippen LogP contribution >= 0.6 is 0 Å². The smallest absolute Gasteiger partial charge is 0.857 e. The molecule has 0 saturated heterocycles. The zero-order chi connectivity index (χ0) is 14.2. The fraction of sp³-hybridized carbons (Fsp3) is 0.938. The SMILES string of the molecule is CCC(CC)CCC1CCCC1.CCC=O.C[O-].[K+]. The summed E-state index contributed by atoms with van der Waals surface area (Å²) >= 11 is 0. The fourth-order valence-electron chi connectivity index (χ4n) is 2.47. The zero-order valence-corrected chi connectivity index (χ0v) is 17.0. The first-order chi connectivity index (χ1) is 8.78. The Balaban J connectivity index is -0.000000316. The van der Waals surface area contributed by atoms with Crippen LogP contribution in [0, 0.1) is 11.8 Å². The molecule has 0 radical (unpaired) electrons. The molecule has 1 aliphatic rings. The van der Waals surface area contributed by atoms with Crippen molar-refractivity contribution in [2.24, 2.45) is 11.8 Å². The summed E-state index contributed by atoms with van der Waals surface area (Å²) in [5.74, 6) is 2.12. The van der Waals surface area contributed by atoms with Crippen molar-refractivity contribution in [1.29, 1.82) is 0 Å². The van der Waals surface area contributed by atoms with Crippen molar-refractivity contribution < 1.29 is 61.3 Å². The maximum atomic E-state index is 9.17. The Morgan fingerprint density at radius 2 is 1.53 bits per heavy atom. The van der Waals surface area contributed by atoms with Gasteiger partial charge < -0.3 is 9.90 Å². The Kier molecular flexibility index (Phi) is 28.6. The number of carbonyl (C=O) groups excluding carboxylic acids is 1. The molecule has 1 fully saturated rings. The van der Waals surface area contributed by atoms with E-state index in [-0.39, 0.29) is 51.4 Å². The van der Waals surface area contributed by atoms with Gasteiger partial charge in [0.05, 0.1) is 0 Å². The van der Waals surface area contributed by atoms with Crippen LogP contribution in [0.3, 0.4) is 0 Å². The van der Waals surface area contributed by atoms with E-state index in [9.17, 15) is 4.79 Å². The second-order valence-corrected chi connectivity index (χ2v) is 4.99. The van der Waals surface area contributed by atoms with Crippen LogP contribution in [0.4, 0.5) is 0 Å². The van der Waals surface area contributed by atoms with Crippen molar-refractivity contribution in [3.8, 4) is 0 Å². The third kappa shape index (κ3) is 17.2. The fourth-order valence-corrected chi connectivity index (χ4v) is 2.47. The predicted molar refractivity (Wildman–Crippen MR) is 77.5 cm³/mol. The van der Waals surface area contributed by atoms with Gasteiger partial charge in [-0.1, -0.05) is 72.1 Å². The van der Waals surface area contributed by atoms with Gasteiger partial charge in [-0.3, -0.25) is 0 Å². The molecular formula is C16H33KO2. The minimum atomic E-state index is 0. The topological polar surface area (TPSA) is 40.1 Å². The second kappa shape index (κ2) is 21.6. The van der Waals surface area contributed by atoms with Crippen LogP contribution in [0.15, 0.2) is 0 Å². The molecule has 0 aromatic heterocycles. The van der Waals surface area contributed by atoms with Crippen LogP contribution in [0.1, 0.15) is 78.6 Å². The molecule has 1 aliphatic carbocycles. The molecule has 2 nitrogen and oxygen atoms in total. The standard InChI is InChI=1S/C12H24.C3H6O.CH3O.K/c1-3-11(4-2)9-10-12-7-5-6-8-12;1-2-3-4;1-2;/h11-12H,3-10H2,1-2H3;3H,2H2,1H3;1H3;/q;;-1;+1. The number of hydrogen-bond acceptors (Lipinski definition) is 2. The van der Waals surface area contributed by atoms with Crippen LogP contribution in [0.2, 0.25) is 0 Å². The quantitative estimate of drug-likeness (QED) is 0.541. The number of hydrogen-bond donors (Lipinski definition) is 0. The second-order valence-electron chi connectivity index (χ2n) is 4.99. The van der Waals surface area contributed by atoms with E-state index in [0.29, 0.717) is 6.42 Å². The molecule has 0 spiro atoms. The van der Waals surface area contributed by atoms with E-state index in [4.69, 9.17) is 5.11 Å². The van der Waals surface area contributed by atoms with E-state index in [1.165, 1.54) is 51.4 Å². The van der Waals surface area contributed by atoms with Crippen LogP contribution in [0.5, 0.6) is 0 Å². The number of aldehydes is 1. The first-order valence-corrected chi connectivity index (χ1v) is 7.62. The molecule has 0 heterocycles. The van der Waals surface area contributed by atoms with Gasteiger partial charge >= 0.3 is 51.4 Å². The Hall–Kier alpha value is 1.27. The Morgan fingerprint density at radius 1 is 1.11 bits per heavy atom. The molecule has 0 unspecified atom stereocenters. The molecule has 0 amide bonds. The van der Waals surface area contributed by atoms with Gasteiger partial charge in [0.15, 0.2) is 0 Å². The molecule has 0 aromatic rings. The van der Waals surface area contributed by atoms with Gasteiger partial charge in [0.1, 0.15) is 6.29 Å². The van der Waals surface area contributed by atoms with Gasteiger partial charge in [0, 0.05) is 6.42 Å². The van der Waals surface area contributed by atoms with Gasteiger partial charge in [0.2, 0.25) is 0 Å². The Morgan fingerprint density at radius 3 is 1.84 bits per heavy atom. The first-order valence-electron chi connectivity index (χ1n) is 7.62. The van der Waals surface area contributed by atoms with Crippen LogP contribution < -0.4 is 56.5 Å². The van der Waals surface area contributed by atoms with Gasteiger partial charge in [-0.25, -0.2) is 0 Å². The summed E-state index contributed by atoms with van der Waals surface area (Å²) in [5, 5.41) is 8.25. The van der Waals surface area contributed by atoms with Gasteiger partial charge in [-0.2, -0.15) is 7.11 Å². The van der Waals surface area contributed by atoms with Crippen LogP contribution in [-0.4, -0.2) is 13.4 Å². The first kappa shape index (κ1) is 25.2. The van der Waals surface area contributed by atoms with Crippen molar-refractivity contribution in [2.75, 3.05) is 7.11 Å². The van der Waals surface area contributed by atoms with Crippen molar-refractivity contribution >= 4 is 6.29 Å². The van der Waals surface area contributed by atoms with Crippen molar-refractivity contribution in [3.63, 3.8) is 0 Å².